The zero-order valence-electron chi connectivity index (χ0n) is 12.8. The molecule has 0 unspecified atom stereocenters. The Bertz CT molecular complexity index is 498. The molecule has 2 heterocycles. The predicted octanol–water partition coefficient (Wildman–Crippen LogP) is 0.624. The van der Waals surface area contributed by atoms with Gasteiger partial charge >= 0.3 is 6.03 Å². The molecular formula is C14H23N5O2. The first-order valence-electron chi connectivity index (χ1n) is 7.23. The number of urea groups is 1. The van der Waals surface area contributed by atoms with Gasteiger partial charge in [-0.2, -0.15) is 5.10 Å². The molecule has 1 fully saturated rings. The molecule has 2 rings (SSSR count). The average Bonchev–Trinajstić information content (AvgIpc) is 2.43. The van der Waals surface area contributed by atoms with Crippen LogP contribution in [0, 0.1) is 13.8 Å². The molecule has 1 aliphatic heterocycles. The van der Waals surface area contributed by atoms with Gasteiger partial charge in [0.25, 0.3) is 0 Å². The van der Waals surface area contributed by atoms with E-state index in [-0.39, 0.29) is 12.1 Å². The second-order valence-electron chi connectivity index (χ2n) is 5.56. The van der Waals surface area contributed by atoms with Crippen LogP contribution < -0.4 is 5.32 Å². The molecule has 0 spiro atoms. The lowest BCUT2D eigenvalue weighted by molar-refractivity contribution is 0.0924. The van der Waals surface area contributed by atoms with Gasteiger partial charge in [0.05, 0.1) is 11.8 Å². The van der Waals surface area contributed by atoms with Crippen molar-refractivity contribution >= 4 is 11.8 Å². The maximum absolute atomic E-state index is 12.2. The summed E-state index contributed by atoms with van der Waals surface area (Å²) >= 11 is 0. The Morgan fingerprint density at radius 2 is 2.00 bits per heavy atom. The van der Waals surface area contributed by atoms with Crippen LogP contribution in [0.15, 0.2) is 6.07 Å². The number of anilines is 1. The smallest absolute Gasteiger partial charge is 0.323 e. The largest absolute Gasteiger partial charge is 0.392 e. The third-order valence-electron chi connectivity index (χ3n) is 3.65. The van der Waals surface area contributed by atoms with Crippen molar-refractivity contribution in [3.8, 4) is 0 Å². The van der Waals surface area contributed by atoms with Crippen LogP contribution in [-0.4, -0.2) is 70.0 Å². The van der Waals surface area contributed by atoms with Gasteiger partial charge in [0.2, 0.25) is 0 Å². The minimum atomic E-state index is -0.337. The van der Waals surface area contributed by atoms with E-state index in [1.54, 1.807) is 11.8 Å². The fraction of sp³-hybridized carbons (Fsp3) is 0.643. The summed E-state index contributed by atoms with van der Waals surface area (Å²) in [4.78, 5) is 16.1. The molecule has 0 aromatic carbocycles. The first-order valence-corrected chi connectivity index (χ1v) is 7.23. The summed E-state index contributed by atoms with van der Waals surface area (Å²) in [6.45, 7) is 9.10. The SMILES string of the molecule is Cc1cc(NC(=O)N2CCN(C[C@H](C)O)CC2)nnc1C. The number of rotatable bonds is 3. The van der Waals surface area contributed by atoms with E-state index in [2.05, 4.69) is 20.4 Å². The Labute approximate surface area is 125 Å². The summed E-state index contributed by atoms with van der Waals surface area (Å²) < 4.78 is 0. The number of β-amino-alcohol motifs (C(OH)–C–C–N with tert-alkyl or cyclic N) is 1. The van der Waals surface area contributed by atoms with Crippen molar-refractivity contribution in [1.29, 1.82) is 0 Å². The zero-order valence-corrected chi connectivity index (χ0v) is 12.8. The summed E-state index contributed by atoms with van der Waals surface area (Å²) in [6, 6.07) is 1.67. The fourth-order valence-electron chi connectivity index (χ4n) is 2.30. The number of hydrogen-bond acceptors (Lipinski definition) is 5. The number of amides is 2. The Hall–Kier alpha value is -1.73. The van der Waals surface area contributed by atoms with Crippen LogP contribution >= 0.6 is 0 Å². The van der Waals surface area contributed by atoms with Crippen molar-refractivity contribution in [3.05, 3.63) is 17.3 Å². The molecule has 0 radical (unpaired) electrons. The molecule has 7 heteroatoms. The number of hydrogen-bond donors (Lipinski definition) is 2. The number of nitrogens with one attached hydrogen (secondary N) is 1. The maximum atomic E-state index is 12.2. The molecule has 0 aliphatic carbocycles. The van der Waals surface area contributed by atoms with E-state index in [1.807, 2.05) is 19.9 Å². The van der Waals surface area contributed by atoms with Crippen LogP contribution in [0.2, 0.25) is 0 Å². The second kappa shape index (κ2) is 6.82. The highest BCUT2D eigenvalue weighted by atomic mass is 16.3. The molecule has 0 bridgehead atoms. The Morgan fingerprint density at radius 1 is 1.33 bits per heavy atom. The summed E-state index contributed by atoms with van der Waals surface area (Å²) in [5.41, 5.74) is 1.86. The highest BCUT2D eigenvalue weighted by Crippen LogP contribution is 2.10. The van der Waals surface area contributed by atoms with E-state index >= 15 is 0 Å². The van der Waals surface area contributed by atoms with Crippen LogP contribution in [0.3, 0.4) is 0 Å². The minimum absolute atomic E-state index is 0.149. The number of carbonyl (C=O) groups excluding carboxylic acids is 1. The monoisotopic (exact) mass is 293 g/mol. The first-order chi connectivity index (χ1) is 9.95. The van der Waals surface area contributed by atoms with Crippen molar-refractivity contribution in [3.63, 3.8) is 0 Å². The van der Waals surface area contributed by atoms with Crippen LogP contribution in [0.1, 0.15) is 18.2 Å². The van der Waals surface area contributed by atoms with Gasteiger partial charge < -0.3 is 10.0 Å². The van der Waals surface area contributed by atoms with Gasteiger partial charge in [0, 0.05) is 32.7 Å². The molecular weight excluding hydrogens is 270 g/mol. The molecule has 1 aliphatic rings. The van der Waals surface area contributed by atoms with Crippen molar-refractivity contribution in [1.82, 2.24) is 20.0 Å². The standard InChI is InChI=1S/C14H23N5O2/c1-10-8-13(17-16-12(10)3)15-14(21)19-6-4-18(5-7-19)9-11(2)20/h8,11,20H,4-7,9H2,1-3H3,(H,15,17,21)/t11-/m0/s1. The molecule has 0 saturated carbocycles. The molecule has 21 heavy (non-hydrogen) atoms. The van der Waals surface area contributed by atoms with Crippen molar-refractivity contribution in [2.24, 2.45) is 0 Å². The molecule has 116 valence electrons. The number of nitrogens with zero attached hydrogens (tertiary/aromatic N) is 4. The number of aliphatic hydroxyl groups excluding tert-OH is 1. The van der Waals surface area contributed by atoms with Gasteiger partial charge in [-0.3, -0.25) is 10.2 Å². The van der Waals surface area contributed by atoms with Gasteiger partial charge in [-0.05, 0) is 32.4 Å². The second-order valence-corrected chi connectivity index (χ2v) is 5.56. The number of aromatic nitrogens is 2. The maximum Gasteiger partial charge on any atom is 0.323 e. The number of aryl methyl sites for hydroxylation is 2. The topological polar surface area (TPSA) is 81.6 Å². The molecule has 1 aromatic rings. The van der Waals surface area contributed by atoms with Crippen molar-refractivity contribution in [2.75, 3.05) is 38.0 Å². The van der Waals surface area contributed by atoms with Gasteiger partial charge in [0.15, 0.2) is 5.82 Å². The summed E-state index contributed by atoms with van der Waals surface area (Å²) in [6.07, 6.45) is -0.337. The van der Waals surface area contributed by atoms with E-state index in [0.29, 0.717) is 25.5 Å². The van der Waals surface area contributed by atoms with Gasteiger partial charge in [-0.15, -0.1) is 5.10 Å². The van der Waals surface area contributed by atoms with Crippen LogP contribution in [0.25, 0.3) is 0 Å². The Kier molecular flexibility index (Phi) is 5.08. The number of carbonyl (C=O) groups is 1. The third kappa shape index (κ3) is 4.37. The molecule has 2 N–H and O–H groups in total. The van der Waals surface area contributed by atoms with E-state index in [4.69, 9.17) is 0 Å². The first kappa shape index (κ1) is 15.7. The summed E-state index contributed by atoms with van der Waals surface area (Å²) in [5, 5.41) is 20.1. The lowest BCUT2D eigenvalue weighted by atomic mass is 10.2. The van der Waals surface area contributed by atoms with E-state index in [1.165, 1.54) is 0 Å². The third-order valence-corrected chi connectivity index (χ3v) is 3.65. The highest BCUT2D eigenvalue weighted by molar-refractivity contribution is 5.88. The van der Waals surface area contributed by atoms with Crippen LogP contribution in [0.4, 0.5) is 10.6 Å². The highest BCUT2D eigenvalue weighted by Gasteiger charge is 2.22. The minimum Gasteiger partial charge on any atom is -0.392 e. The van der Waals surface area contributed by atoms with Crippen molar-refractivity contribution < 1.29 is 9.90 Å². The lowest BCUT2D eigenvalue weighted by Gasteiger charge is -2.35. The molecule has 1 saturated heterocycles. The summed E-state index contributed by atoms with van der Waals surface area (Å²) in [5.74, 6) is 0.481. The Balaban J connectivity index is 1.86. The fourth-order valence-corrected chi connectivity index (χ4v) is 2.30. The normalized spacial score (nSPS) is 17.6. The summed E-state index contributed by atoms with van der Waals surface area (Å²) in [7, 11) is 0. The molecule has 2 amide bonds. The van der Waals surface area contributed by atoms with Crippen molar-refractivity contribution in [2.45, 2.75) is 26.9 Å². The van der Waals surface area contributed by atoms with Gasteiger partial charge in [-0.25, -0.2) is 4.79 Å². The van der Waals surface area contributed by atoms with E-state index in [0.717, 1.165) is 24.3 Å². The lowest BCUT2D eigenvalue weighted by Crippen LogP contribution is -2.51. The van der Waals surface area contributed by atoms with Crippen LogP contribution in [0.5, 0.6) is 0 Å². The molecule has 7 nitrogen and oxygen atoms in total. The zero-order chi connectivity index (χ0) is 15.4. The van der Waals surface area contributed by atoms with Gasteiger partial charge in [-0.1, -0.05) is 0 Å². The number of piperazine rings is 1. The quantitative estimate of drug-likeness (QED) is 0.854. The predicted molar refractivity (Wildman–Crippen MR) is 80.2 cm³/mol. The number of aliphatic hydroxyl groups is 1. The molecule has 1 aromatic heterocycles. The van der Waals surface area contributed by atoms with Gasteiger partial charge in [0.1, 0.15) is 0 Å². The van der Waals surface area contributed by atoms with E-state index < -0.39 is 0 Å². The van der Waals surface area contributed by atoms with Crippen LogP contribution in [-0.2, 0) is 0 Å². The average molecular weight is 293 g/mol. The Morgan fingerprint density at radius 3 is 2.57 bits per heavy atom. The molecule has 1 atom stereocenters. The van der Waals surface area contributed by atoms with E-state index in [9.17, 15) is 9.90 Å².